The Kier molecular flexibility index (Phi) is 5.47. The van der Waals surface area contributed by atoms with Gasteiger partial charge in [0.15, 0.2) is 0 Å². The van der Waals surface area contributed by atoms with Crippen LogP contribution in [-0.4, -0.2) is 95.1 Å². The second-order valence-electron chi connectivity index (χ2n) is 7.74. The summed E-state index contributed by atoms with van der Waals surface area (Å²) in [7, 11) is 0. The van der Waals surface area contributed by atoms with Gasteiger partial charge in [0.2, 0.25) is 0 Å². The molecule has 1 aromatic heterocycles. The van der Waals surface area contributed by atoms with Gasteiger partial charge in [-0.1, -0.05) is 0 Å². The number of piperidine rings is 1. The lowest BCUT2D eigenvalue weighted by atomic mass is 9.89. The molecule has 142 valence electrons. The SMILES string of the molecule is O=C(c1cnccn1)N1CCOC2(CCN(CCN3CCCC3)CC2)C1. The first-order valence-corrected chi connectivity index (χ1v) is 9.88. The first kappa shape index (κ1) is 17.8. The predicted octanol–water partition coefficient (Wildman–Crippen LogP) is 0.879. The second-order valence-corrected chi connectivity index (χ2v) is 7.74. The van der Waals surface area contributed by atoms with Crippen LogP contribution in [0.3, 0.4) is 0 Å². The van der Waals surface area contributed by atoms with Crippen LogP contribution in [0.1, 0.15) is 36.2 Å². The minimum Gasteiger partial charge on any atom is -0.371 e. The van der Waals surface area contributed by atoms with E-state index in [1.54, 1.807) is 18.6 Å². The monoisotopic (exact) mass is 359 g/mol. The van der Waals surface area contributed by atoms with Crippen LogP contribution in [-0.2, 0) is 4.74 Å². The maximum Gasteiger partial charge on any atom is 0.274 e. The molecule has 3 aliphatic rings. The van der Waals surface area contributed by atoms with E-state index < -0.39 is 0 Å². The molecule has 0 bridgehead atoms. The number of morpholine rings is 1. The molecular formula is C19H29N5O2. The van der Waals surface area contributed by atoms with Crippen molar-refractivity contribution in [1.82, 2.24) is 24.7 Å². The van der Waals surface area contributed by atoms with Crippen molar-refractivity contribution < 1.29 is 9.53 Å². The molecule has 1 amide bonds. The fraction of sp³-hybridized carbons (Fsp3) is 0.737. The Labute approximate surface area is 155 Å². The number of carbonyl (C=O) groups is 1. The number of amides is 1. The van der Waals surface area contributed by atoms with Gasteiger partial charge in [0, 0.05) is 45.1 Å². The quantitative estimate of drug-likeness (QED) is 0.795. The van der Waals surface area contributed by atoms with Crippen LogP contribution in [0.2, 0.25) is 0 Å². The van der Waals surface area contributed by atoms with E-state index in [1.807, 2.05) is 4.90 Å². The summed E-state index contributed by atoms with van der Waals surface area (Å²) in [5.41, 5.74) is 0.243. The predicted molar refractivity (Wildman–Crippen MR) is 98.0 cm³/mol. The molecule has 4 heterocycles. The van der Waals surface area contributed by atoms with Gasteiger partial charge >= 0.3 is 0 Å². The third kappa shape index (κ3) is 4.05. The van der Waals surface area contributed by atoms with E-state index in [0.717, 1.165) is 32.5 Å². The lowest BCUT2D eigenvalue weighted by Crippen LogP contribution is -2.58. The Morgan fingerprint density at radius 2 is 1.77 bits per heavy atom. The van der Waals surface area contributed by atoms with Crippen LogP contribution in [0, 0.1) is 0 Å². The van der Waals surface area contributed by atoms with E-state index in [1.165, 1.54) is 32.5 Å². The summed E-state index contributed by atoms with van der Waals surface area (Å²) in [6, 6.07) is 0. The van der Waals surface area contributed by atoms with Gasteiger partial charge in [-0.15, -0.1) is 0 Å². The fourth-order valence-electron chi connectivity index (χ4n) is 4.37. The van der Waals surface area contributed by atoms with E-state index in [-0.39, 0.29) is 11.5 Å². The number of hydrogen-bond donors (Lipinski definition) is 0. The van der Waals surface area contributed by atoms with Crippen LogP contribution >= 0.6 is 0 Å². The average Bonchev–Trinajstić information content (AvgIpc) is 3.21. The zero-order chi connectivity index (χ0) is 17.8. The van der Waals surface area contributed by atoms with E-state index >= 15 is 0 Å². The number of nitrogens with zero attached hydrogens (tertiary/aromatic N) is 5. The van der Waals surface area contributed by atoms with Crippen molar-refractivity contribution in [3.63, 3.8) is 0 Å². The molecule has 0 unspecified atom stereocenters. The van der Waals surface area contributed by atoms with E-state index in [4.69, 9.17) is 4.74 Å². The van der Waals surface area contributed by atoms with Gasteiger partial charge in [-0.05, 0) is 38.8 Å². The lowest BCUT2D eigenvalue weighted by molar-refractivity contribution is -0.127. The molecule has 3 aliphatic heterocycles. The third-order valence-electron chi connectivity index (χ3n) is 6.02. The fourth-order valence-corrected chi connectivity index (χ4v) is 4.37. The number of hydrogen-bond acceptors (Lipinski definition) is 6. The van der Waals surface area contributed by atoms with Crippen molar-refractivity contribution >= 4 is 5.91 Å². The summed E-state index contributed by atoms with van der Waals surface area (Å²) in [5, 5.41) is 0. The van der Waals surface area contributed by atoms with Crippen molar-refractivity contribution in [2.24, 2.45) is 0 Å². The Morgan fingerprint density at radius 3 is 2.46 bits per heavy atom. The van der Waals surface area contributed by atoms with Gasteiger partial charge in [0.1, 0.15) is 5.69 Å². The average molecular weight is 359 g/mol. The molecule has 4 rings (SSSR count). The summed E-state index contributed by atoms with van der Waals surface area (Å²) in [5.74, 6) is -0.0303. The Hall–Kier alpha value is -1.57. The highest BCUT2D eigenvalue weighted by atomic mass is 16.5. The Balaban J connectivity index is 1.29. The minimum absolute atomic E-state index is 0.0303. The molecule has 3 fully saturated rings. The summed E-state index contributed by atoms with van der Waals surface area (Å²) < 4.78 is 6.18. The van der Waals surface area contributed by atoms with Crippen LogP contribution < -0.4 is 0 Å². The molecule has 0 aliphatic carbocycles. The minimum atomic E-state index is -0.180. The Bertz CT molecular complexity index is 597. The van der Waals surface area contributed by atoms with Crippen molar-refractivity contribution in [1.29, 1.82) is 0 Å². The molecule has 0 aromatic carbocycles. The van der Waals surface area contributed by atoms with E-state index in [2.05, 4.69) is 19.8 Å². The third-order valence-corrected chi connectivity index (χ3v) is 6.02. The summed E-state index contributed by atoms with van der Waals surface area (Å²) in [4.78, 5) is 27.9. The summed E-state index contributed by atoms with van der Waals surface area (Å²) in [6.07, 6.45) is 9.41. The van der Waals surface area contributed by atoms with Crippen LogP contribution in [0.25, 0.3) is 0 Å². The lowest BCUT2D eigenvalue weighted by Gasteiger charge is -2.47. The van der Waals surface area contributed by atoms with Crippen LogP contribution in [0.4, 0.5) is 0 Å². The highest BCUT2D eigenvalue weighted by Gasteiger charge is 2.41. The number of rotatable bonds is 4. The normalized spacial score (nSPS) is 24.2. The van der Waals surface area contributed by atoms with Gasteiger partial charge in [-0.25, -0.2) is 4.98 Å². The highest BCUT2D eigenvalue weighted by molar-refractivity contribution is 5.92. The molecule has 1 spiro atoms. The topological polar surface area (TPSA) is 61.8 Å². The standard InChI is InChI=1S/C19H29N5O2/c25-18(17-15-20-5-6-21-17)24-13-14-26-19(16-24)3-9-23(10-4-19)12-11-22-7-1-2-8-22/h5-6,15H,1-4,7-14,16H2. The maximum absolute atomic E-state index is 12.7. The number of carbonyl (C=O) groups excluding carboxylic acids is 1. The van der Waals surface area contributed by atoms with E-state index in [0.29, 0.717) is 25.4 Å². The second kappa shape index (κ2) is 7.98. The number of ether oxygens (including phenoxy) is 1. The molecule has 0 N–H and O–H groups in total. The molecule has 0 atom stereocenters. The highest BCUT2D eigenvalue weighted by Crippen LogP contribution is 2.30. The van der Waals surface area contributed by atoms with Gasteiger partial charge in [0.05, 0.1) is 24.9 Å². The maximum atomic E-state index is 12.7. The van der Waals surface area contributed by atoms with Crippen molar-refractivity contribution in [2.45, 2.75) is 31.3 Å². The number of aromatic nitrogens is 2. The van der Waals surface area contributed by atoms with Gasteiger partial charge in [-0.3, -0.25) is 9.78 Å². The molecule has 3 saturated heterocycles. The zero-order valence-corrected chi connectivity index (χ0v) is 15.5. The molecule has 0 saturated carbocycles. The first-order valence-electron chi connectivity index (χ1n) is 9.88. The number of likely N-dealkylation sites (tertiary alicyclic amines) is 2. The smallest absolute Gasteiger partial charge is 0.274 e. The van der Waals surface area contributed by atoms with Crippen molar-refractivity contribution in [3.05, 3.63) is 24.3 Å². The van der Waals surface area contributed by atoms with Gasteiger partial charge in [-0.2, -0.15) is 0 Å². The van der Waals surface area contributed by atoms with Crippen LogP contribution in [0.15, 0.2) is 18.6 Å². The van der Waals surface area contributed by atoms with Crippen molar-refractivity contribution in [3.8, 4) is 0 Å². The summed E-state index contributed by atoms with van der Waals surface area (Å²) >= 11 is 0. The van der Waals surface area contributed by atoms with Gasteiger partial charge in [0.25, 0.3) is 5.91 Å². The molecule has 7 nitrogen and oxygen atoms in total. The molecular weight excluding hydrogens is 330 g/mol. The van der Waals surface area contributed by atoms with E-state index in [9.17, 15) is 4.79 Å². The van der Waals surface area contributed by atoms with Crippen LogP contribution in [0.5, 0.6) is 0 Å². The van der Waals surface area contributed by atoms with Crippen molar-refractivity contribution in [2.75, 3.05) is 59.0 Å². The molecule has 7 heteroatoms. The largest absolute Gasteiger partial charge is 0.371 e. The molecule has 1 aromatic rings. The molecule has 0 radical (unpaired) electrons. The zero-order valence-electron chi connectivity index (χ0n) is 15.5. The summed E-state index contributed by atoms with van der Waals surface area (Å²) in [6.45, 7) is 8.89. The Morgan fingerprint density at radius 1 is 1.04 bits per heavy atom. The van der Waals surface area contributed by atoms with Gasteiger partial charge < -0.3 is 19.4 Å². The first-order chi connectivity index (χ1) is 12.7. The molecule has 26 heavy (non-hydrogen) atoms.